The second-order valence-corrected chi connectivity index (χ2v) is 3.78. The second kappa shape index (κ2) is 4.22. The van der Waals surface area contributed by atoms with Crippen molar-refractivity contribution in [3.8, 4) is 0 Å². The van der Waals surface area contributed by atoms with E-state index in [1.54, 1.807) is 0 Å². The fourth-order valence-corrected chi connectivity index (χ4v) is 1.47. The first-order valence-corrected chi connectivity index (χ1v) is 5.05. The topological polar surface area (TPSA) is 57.2 Å². The van der Waals surface area contributed by atoms with Gasteiger partial charge in [0.1, 0.15) is 0 Å². The number of nitrogens with zero attached hydrogens (tertiary/aromatic N) is 4. The number of azo groups is 1. The van der Waals surface area contributed by atoms with Gasteiger partial charge in [0.15, 0.2) is 0 Å². The van der Waals surface area contributed by atoms with Gasteiger partial charge in [-0.25, -0.2) is 0 Å². The molecule has 1 aliphatic heterocycles. The zero-order valence-corrected chi connectivity index (χ0v) is 9.41. The van der Waals surface area contributed by atoms with E-state index in [1.807, 2.05) is 60.6 Å². The molecule has 0 fully saturated rings. The minimum absolute atomic E-state index is 0.0578. The predicted molar refractivity (Wildman–Crippen MR) is 63.8 cm³/mol. The van der Waals surface area contributed by atoms with Gasteiger partial charge in [-0.15, -0.1) is 5.11 Å². The molecule has 0 atom stereocenters. The lowest BCUT2D eigenvalue weighted by Gasteiger charge is -2.21. The normalized spacial score (nSPS) is 16.6. The van der Waals surface area contributed by atoms with Crippen LogP contribution in [0.1, 0.15) is 0 Å². The average Bonchev–Trinajstić information content (AvgIpc) is 2.59. The molecule has 0 aromatic heterocycles. The Bertz CT molecular complexity index is 397. The van der Waals surface area contributed by atoms with Crippen molar-refractivity contribution in [2.45, 2.75) is 6.29 Å². The molecular formula is C11H15N5. The number of hydrogen-bond donors (Lipinski definition) is 1. The van der Waals surface area contributed by atoms with Gasteiger partial charge in [-0.3, -0.25) is 0 Å². The second-order valence-electron chi connectivity index (χ2n) is 3.78. The summed E-state index contributed by atoms with van der Waals surface area (Å²) in [5.41, 5.74) is 7.13. The third-order valence-electron chi connectivity index (χ3n) is 2.44. The highest BCUT2D eigenvalue weighted by molar-refractivity contribution is 5.47. The van der Waals surface area contributed by atoms with E-state index >= 15 is 0 Å². The minimum Gasteiger partial charge on any atom is -0.399 e. The molecule has 2 N–H and O–H groups in total. The van der Waals surface area contributed by atoms with Crippen molar-refractivity contribution in [1.29, 1.82) is 0 Å². The van der Waals surface area contributed by atoms with Crippen LogP contribution in [-0.2, 0) is 0 Å². The standard InChI is InChI=1S/C11H15N5/c1-15-7-8-16(2)11(15)14-13-10-5-3-9(12)4-6-10/h3-8,11H,12H2,1-2H3. The molecule has 1 heterocycles. The van der Waals surface area contributed by atoms with Crippen molar-refractivity contribution >= 4 is 11.4 Å². The van der Waals surface area contributed by atoms with Crippen LogP contribution in [-0.4, -0.2) is 30.2 Å². The third-order valence-corrected chi connectivity index (χ3v) is 2.44. The first-order valence-electron chi connectivity index (χ1n) is 5.05. The van der Waals surface area contributed by atoms with Gasteiger partial charge >= 0.3 is 0 Å². The number of nitrogens with two attached hydrogens (primary N) is 1. The van der Waals surface area contributed by atoms with E-state index in [2.05, 4.69) is 10.2 Å². The smallest absolute Gasteiger partial charge is 0.217 e. The molecule has 0 bridgehead atoms. The molecule has 0 radical (unpaired) electrons. The summed E-state index contributed by atoms with van der Waals surface area (Å²) in [6.07, 6.45) is 3.87. The molecule has 84 valence electrons. The van der Waals surface area contributed by atoms with E-state index < -0.39 is 0 Å². The van der Waals surface area contributed by atoms with E-state index in [9.17, 15) is 0 Å². The molecule has 0 spiro atoms. The van der Waals surface area contributed by atoms with Gasteiger partial charge in [-0.2, -0.15) is 5.11 Å². The van der Waals surface area contributed by atoms with Crippen molar-refractivity contribution in [3.63, 3.8) is 0 Å². The number of rotatable bonds is 2. The van der Waals surface area contributed by atoms with Crippen LogP contribution in [0.4, 0.5) is 11.4 Å². The van der Waals surface area contributed by atoms with Gasteiger partial charge in [0.25, 0.3) is 0 Å². The molecule has 1 aliphatic rings. The van der Waals surface area contributed by atoms with Crippen LogP contribution < -0.4 is 5.73 Å². The summed E-state index contributed by atoms with van der Waals surface area (Å²) < 4.78 is 0. The van der Waals surface area contributed by atoms with Crippen molar-refractivity contribution in [1.82, 2.24) is 9.80 Å². The summed E-state index contributed by atoms with van der Waals surface area (Å²) in [5, 5.41) is 8.43. The molecule has 0 amide bonds. The highest BCUT2D eigenvalue weighted by atomic mass is 15.5. The molecule has 0 saturated carbocycles. The molecule has 0 aliphatic carbocycles. The zero-order valence-electron chi connectivity index (χ0n) is 9.41. The molecule has 2 rings (SSSR count). The first-order chi connectivity index (χ1) is 7.66. The summed E-state index contributed by atoms with van der Waals surface area (Å²) in [6.45, 7) is 0. The van der Waals surface area contributed by atoms with Crippen LogP contribution in [0.5, 0.6) is 0 Å². The van der Waals surface area contributed by atoms with Crippen LogP contribution in [0.2, 0.25) is 0 Å². The van der Waals surface area contributed by atoms with Crippen molar-refractivity contribution in [3.05, 3.63) is 36.7 Å². The van der Waals surface area contributed by atoms with Crippen molar-refractivity contribution in [2.24, 2.45) is 10.2 Å². The van der Waals surface area contributed by atoms with Gasteiger partial charge in [-0.05, 0) is 24.3 Å². The van der Waals surface area contributed by atoms with E-state index in [-0.39, 0.29) is 6.29 Å². The number of anilines is 1. The lowest BCUT2D eigenvalue weighted by Crippen LogP contribution is -2.31. The Hall–Kier alpha value is -2.04. The summed E-state index contributed by atoms with van der Waals surface area (Å²) in [5.74, 6) is 0. The number of benzene rings is 1. The molecule has 0 saturated heterocycles. The van der Waals surface area contributed by atoms with Crippen LogP contribution in [0.25, 0.3) is 0 Å². The molecule has 1 aromatic rings. The average molecular weight is 217 g/mol. The minimum atomic E-state index is -0.0578. The summed E-state index contributed by atoms with van der Waals surface area (Å²) in [7, 11) is 3.93. The quantitative estimate of drug-likeness (QED) is 0.608. The maximum absolute atomic E-state index is 5.59. The Kier molecular flexibility index (Phi) is 2.76. The summed E-state index contributed by atoms with van der Waals surface area (Å²) >= 11 is 0. The Morgan fingerprint density at radius 2 is 1.62 bits per heavy atom. The lowest BCUT2D eigenvalue weighted by atomic mass is 10.3. The van der Waals surface area contributed by atoms with Crippen LogP contribution in [0.15, 0.2) is 46.9 Å². The van der Waals surface area contributed by atoms with Gasteiger partial charge in [0.2, 0.25) is 6.29 Å². The summed E-state index contributed by atoms with van der Waals surface area (Å²) in [4.78, 5) is 3.97. The highest BCUT2D eigenvalue weighted by Crippen LogP contribution is 2.18. The van der Waals surface area contributed by atoms with E-state index in [4.69, 9.17) is 5.73 Å². The first kappa shape index (κ1) is 10.5. The molecule has 16 heavy (non-hydrogen) atoms. The Balaban J connectivity index is 2.07. The van der Waals surface area contributed by atoms with Crippen LogP contribution in [0.3, 0.4) is 0 Å². The largest absolute Gasteiger partial charge is 0.399 e. The molecular weight excluding hydrogens is 202 g/mol. The predicted octanol–water partition coefficient (Wildman–Crippen LogP) is 1.98. The maximum Gasteiger partial charge on any atom is 0.217 e. The SMILES string of the molecule is CN1C=CN(C)C1N=Nc1ccc(N)cc1. The van der Waals surface area contributed by atoms with Gasteiger partial charge in [0, 0.05) is 32.2 Å². The van der Waals surface area contributed by atoms with Crippen LogP contribution in [0, 0.1) is 0 Å². The van der Waals surface area contributed by atoms with E-state index in [0.29, 0.717) is 0 Å². The van der Waals surface area contributed by atoms with Gasteiger partial charge in [0.05, 0.1) is 5.69 Å². The summed E-state index contributed by atoms with van der Waals surface area (Å²) in [6, 6.07) is 7.33. The zero-order chi connectivity index (χ0) is 11.5. The van der Waals surface area contributed by atoms with E-state index in [0.717, 1.165) is 11.4 Å². The lowest BCUT2D eigenvalue weighted by molar-refractivity contribution is 0.206. The van der Waals surface area contributed by atoms with Crippen molar-refractivity contribution < 1.29 is 0 Å². The molecule has 5 nitrogen and oxygen atoms in total. The van der Waals surface area contributed by atoms with Crippen molar-refractivity contribution in [2.75, 3.05) is 19.8 Å². The fourth-order valence-electron chi connectivity index (χ4n) is 1.47. The Labute approximate surface area is 94.9 Å². The van der Waals surface area contributed by atoms with Crippen LogP contribution >= 0.6 is 0 Å². The third kappa shape index (κ3) is 2.13. The molecule has 5 heteroatoms. The molecule has 1 aromatic carbocycles. The number of nitrogen functional groups attached to an aromatic ring is 1. The number of hydrogen-bond acceptors (Lipinski definition) is 5. The maximum atomic E-state index is 5.59. The fraction of sp³-hybridized carbons (Fsp3) is 0.273. The highest BCUT2D eigenvalue weighted by Gasteiger charge is 2.18. The molecule has 0 unspecified atom stereocenters. The van der Waals surface area contributed by atoms with E-state index in [1.165, 1.54) is 0 Å². The van der Waals surface area contributed by atoms with Gasteiger partial charge in [-0.1, -0.05) is 0 Å². The monoisotopic (exact) mass is 217 g/mol. The van der Waals surface area contributed by atoms with Gasteiger partial charge < -0.3 is 15.5 Å². The Morgan fingerprint density at radius 1 is 1.06 bits per heavy atom. The Morgan fingerprint density at radius 3 is 2.19 bits per heavy atom.